The van der Waals surface area contributed by atoms with Crippen LogP contribution >= 0.6 is 0 Å². The van der Waals surface area contributed by atoms with Crippen molar-refractivity contribution >= 4 is 23.5 Å². The lowest BCUT2D eigenvalue weighted by atomic mass is 9.72. The van der Waals surface area contributed by atoms with Crippen LogP contribution in [0, 0.1) is 5.92 Å². The summed E-state index contributed by atoms with van der Waals surface area (Å²) < 4.78 is 18.2. The van der Waals surface area contributed by atoms with Gasteiger partial charge in [-0.25, -0.2) is 9.78 Å². The molecule has 1 aromatic heterocycles. The van der Waals surface area contributed by atoms with Gasteiger partial charge < -0.3 is 34.9 Å². The summed E-state index contributed by atoms with van der Waals surface area (Å²) in [6.07, 6.45) is -0.125. The van der Waals surface area contributed by atoms with Gasteiger partial charge in [-0.1, -0.05) is 58.0 Å². The number of nitrogens with one attached hydrogen (secondary N) is 3. The van der Waals surface area contributed by atoms with Gasteiger partial charge in [-0.2, -0.15) is 0 Å². The summed E-state index contributed by atoms with van der Waals surface area (Å²) in [6, 6.07) is 11.5. The predicted molar refractivity (Wildman–Crippen MR) is 156 cm³/mol. The number of rotatable bonds is 6. The molecule has 1 spiro atoms. The van der Waals surface area contributed by atoms with Crippen LogP contribution in [0.15, 0.2) is 46.9 Å². The number of fused-ring (bicyclic) bond motifs is 4. The average Bonchev–Trinajstić information content (AvgIpc) is 3.67. The predicted octanol–water partition coefficient (Wildman–Crippen LogP) is 3.34. The number of oxazole rings is 1. The van der Waals surface area contributed by atoms with Crippen molar-refractivity contribution in [1.82, 2.24) is 15.6 Å². The number of esters is 1. The molecule has 2 amide bonds. The molecule has 3 aliphatic rings. The number of hydrogen-bond donors (Lipinski definition) is 4. The van der Waals surface area contributed by atoms with Gasteiger partial charge in [-0.15, -0.1) is 0 Å². The summed E-state index contributed by atoms with van der Waals surface area (Å²) in [5, 5.41) is 20.2. The highest BCUT2D eigenvalue weighted by atomic mass is 16.5. The van der Waals surface area contributed by atoms with E-state index in [4.69, 9.17) is 13.9 Å². The topological polar surface area (TPSA) is 152 Å². The number of methoxy groups -OCH3 is 1. The second-order valence-corrected chi connectivity index (χ2v) is 11.7. The Balaban J connectivity index is 1.59. The second-order valence-electron chi connectivity index (χ2n) is 11.7. The standard InChI is InChI=1S/C32H36N4O7/c1-6-31(40,7-2)29(39)33-21-15-17-12-13-22-19(14-17)32(18-10-8-9-11-20(18)34-30(32)42-22)25-24(28(38)41-5)36-27(43-25)23(16(3)4)35-26(21)37/h8-14,16,21,23,30,34,40H,6-7,15H2,1-5H3,(H,33,39)(H,35,37)/t21-,23-,30-,32?/m0/s1. The maximum Gasteiger partial charge on any atom is 0.360 e. The Morgan fingerprint density at radius 3 is 2.60 bits per heavy atom. The molecule has 0 fully saturated rings. The van der Waals surface area contributed by atoms with E-state index in [1.165, 1.54) is 7.11 Å². The van der Waals surface area contributed by atoms with Crippen LogP contribution < -0.4 is 20.7 Å². The Bertz CT molecular complexity index is 1610. The van der Waals surface area contributed by atoms with Crippen LogP contribution in [0.2, 0.25) is 0 Å². The third kappa shape index (κ3) is 4.28. The number of hydrogen-bond acceptors (Lipinski definition) is 9. The summed E-state index contributed by atoms with van der Waals surface area (Å²) in [4.78, 5) is 45.0. The first-order valence-corrected chi connectivity index (χ1v) is 14.7. The van der Waals surface area contributed by atoms with Gasteiger partial charge in [-0.05, 0) is 42.0 Å². The normalized spacial score (nSPS) is 23.6. The molecule has 0 saturated heterocycles. The van der Waals surface area contributed by atoms with Crippen molar-refractivity contribution < 1.29 is 33.4 Å². The first-order valence-electron chi connectivity index (χ1n) is 14.7. The number of amides is 2. The third-order valence-electron chi connectivity index (χ3n) is 9.01. The van der Waals surface area contributed by atoms with Crippen molar-refractivity contribution in [1.29, 1.82) is 0 Å². The number of ether oxygens (including phenoxy) is 2. The van der Waals surface area contributed by atoms with E-state index >= 15 is 0 Å². The number of carbonyl (C=O) groups excluding carboxylic acids is 3. The van der Waals surface area contributed by atoms with E-state index in [0.717, 1.165) is 22.4 Å². The molecule has 11 nitrogen and oxygen atoms in total. The van der Waals surface area contributed by atoms with Gasteiger partial charge in [0.05, 0.1) is 7.11 Å². The van der Waals surface area contributed by atoms with Crippen LogP contribution in [0.4, 0.5) is 5.69 Å². The highest BCUT2D eigenvalue weighted by Gasteiger charge is 2.61. The number of carbonyl (C=O) groups is 3. The molecule has 226 valence electrons. The minimum atomic E-state index is -1.61. The summed E-state index contributed by atoms with van der Waals surface area (Å²) >= 11 is 0. The molecule has 0 radical (unpaired) electrons. The lowest BCUT2D eigenvalue weighted by Crippen LogP contribution is -2.55. The van der Waals surface area contributed by atoms with Crippen LogP contribution in [-0.2, 0) is 26.2 Å². The number of aliphatic hydroxyl groups is 1. The minimum absolute atomic E-state index is 0.0113. The zero-order valence-corrected chi connectivity index (χ0v) is 24.8. The molecule has 6 rings (SSSR count). The minimum Gasteiger partial charge on any atom is -0.469 e. The van der Waals surface area contributed by atoms with Gasteiger partial charge in [0.2, 0.25) is 11.8 Å². The zero-order chi connectivity index (χ0) is 30.7. The molecule has 4 N–H and O–H groups in total. The fraction of sp³-hybridized carbons (Fsp3) is 0.438. The number of benzene rings is 2. The molecule has 11 heteroatoms. The van der Waals surface area contributed by atoms with Crippen molar-refractivity contribution in [2.24, 2.45) is 5.92 Å². The van der Waals surface area contributed by atoms with Gasteiger partial charge >= 0.3 is 5.97 Å². The van der Waals surface area contributed by atoms with E-state index < -0.39 is 47.1 Å². The number of para-hydroxylation sites is 1. The first-order chi connectivity index (χ1) is 20.6. The Morgan fingerprint density at radius 1 is 1.16 bits per heavy atom. The van der Waals surface area contributed by atoms with Crippen molar-refractivity contribution in [2.45, 2.75) is 76.3 Å². The summed E-state index contributed by atoms with van der Waals surface area (Å²) in [7, 11) is 1.28. The molecule has 43 heavy (non-hydrogen) atoms. The van der Waals surface area contributed by atoms with Gasteiger partial charge in [0.25, 0.3) is 5.91 Å². The molecule has 3 aliphatic heterocycles. The lowest BCUT2D eigenvalue weighted by Gasteiger charge is -2.30. The molecular weight excluding hydrogens is 552 g/mol. The molecule has 4 bridgehead atoms. The highest BCUT2D eigenvalue weighted by Crippen LogP contribution is 2.58. The summed E-state index contributed by atoms with van der Waals surface area (Å²) in [5.41, 5.74) is 0.397. The quantitative estimate of drug-likeness (QED) is 0.318. The van der Waals surface area contributed by atoms with E-state index in [1.807, 2.05) is 56.3 Å². The van der Waals surface area contributed by atoms with Crippen molar-refractivity contribution in [3.63, 3.8) is 0 Å². The average molecular weight is 589 g/mol. The van der Waals surface area contributed by atoms with E-state index in [9.17, 15) is 19.5 Å². The summed E-state index contributed by atoms with van der Waals surface area (Å²) in [5.74, 6) is -1.01. The highest BCUT2D eigenvalue weighted by molar-refractivity contribution is 5.92. The monoisotopic (exact) mass is 588 g/mol. The van der Waals surface area contributed by atoms with Crippen molar-refractivity contribution in [3.8, 4) is 5.75 Å². The molecular formula is C32H36N4O7. The molecule has 2 aromatic carbocycles. The molecule has 4 heterocycles. The van der Waals surface area contributed by atoms with Gasteiger partial charge in [-0.3, -0.25) is 9.59 Å². The largest absolute Gasteiger partial charge is 0.469 e. The fourth-order valence-corrected chi connectivity index (χ4v) is 6.40. The first kappa shape index (κ1) is 28.7. The van der Waals surface area contributed by atoms with Gasteiger partial charge in [0.1, 0.15) is 28.8 Å². The molecule has 0 aliphatic carbocycles. The fourth-order valence-electron chi connectivity index (χ4n) is 6.40. The number of nitrogens with zero attached hydrogens (tertiary/aromatic N) is 1. The van der Waals surface area contributed by atoms with Crippen molar-refractivity contribution in [2.75, 3.05) is 12.4 Å². The summed E-state index contributed by atoms with van der Waals surface area (Å²) in [6.45, 7) is 7.24. The van der Waals surface area contributed by atoms with E-state index in [1.54, 1.807) is 13.8 Å². The Kier molecular flexibility index (Phi) is 6.95. The zero-order valence-electron chi connectivity index (χ0n) is 24.8. The molecule has 3 aromatic rings. The van der Waals surface area contributed by atoms with Crippen LogP contribution in [0.25, 0.3) is 0 Å². The SMILES string of the molecule is CCC(O)(CC)C(=O)N[C@H]1Cc2ccc3c(c2)C2(c4ccccc4N[C@H]2O3)c2oc(nc2C(=O)OC)[C@H](C(C)C)NC1=O. The van der Waals surface area contributed by atoms with Gasteiger partial charge in [0.15, 0.2) is 17.7 Å². The smallest absolute Gasteiger partial charge is 0.360 e. The number of anilines is 1. The van der Waals surface area contributed by atoms with Crippen LogP contribution in [-0.4, -0.2) is 52.9 Å². The van der Waals surface area contributed by atoms with Crippen LogP contribution in [0.1, 0.15) is 85.4 Å². The van der Waals surface area contributed by atoms with E-state index in [0.29, 0.717) is 5.75 Å². The van der Waals surface area contributed by atoms with Crippen LogP contribution in [0.5, 0.6) is 5.75 Å². The number of aromatic nitrogens is 1. The lowest BCUT2D eigenvalue weighted by molar-refractivity contribution is -0.143. The van der Waals surface area contributed by atoms with Gasteiger partial charge in [0, 0.05) is 17.7 Å². The van der Waals surface area contributed by atoms with E-state index in [2.05, 4.69) is 20.9 Å². The van der Waals surface area contributed by atoms with Crippen LogP contribution in [0.3, 0.4) is 0 Å². The Morgan fingerprint density at radius 2 is 1.91 bits per heavy atom. The Labute approximate surface area is 249 Å². The van der Waals surface area contributed by atoms with E-state index in [-0.39, 0.29) is 42.5 Å². The molecule has 4 atom stereocenters. The third-order valence-corrected chi connectivity index (χ3v) is 9.01. The maximum absolute atomic E-state index is 13.9. The molecule has 1 unspecified atom stereocenters. The maximum atomic E-state index is 13.9. The van der Waals surface area contributed by atoms with Crippen molar-refractivity contribution in [3.05, 3.63) is 76.5 Å². The Hall–Kier alpha value is -4.38. The molecule has 0 saturated carbocycles. The second kappa shape index (κ2) is 10.4.